The highest BCUT2D eigenvalue weighted by molar-refractivity contribution is 5.76. The minimum atomic E-state index is -0.376. The van der Waals surface area contributed by atoms with Gasteiger partial charge in [0.2, 0.25) is 0 Å². The molecule has 0 spiro atoms. The third kappa shape index (κ3) is 2.31. The molecule has 0 atom stereocenters. The van der Waals surface area contributed by atoms with Crippen molar-refractivity contribution in [3.8, 4) is 0 Å². The van der Waals surface area contributed by atoms with Gasteiger partial charge in [-0.1, -0.05) is 6.92 Å². The molecule has 7 nitrogen and oxygen atoms in total. The molecule has 0 radical (unpaired) electrons. The Morgan fingerprint density at radius 3 is 2.60 bits per heavy atom. The lowest BCUT2D eigenvalue weighted by molar-refractivity contribution is -0.117. The molecule has 2 rings (SSSR count). The van der Waals surface area contributed by atoms with Crippen LogP contribution in [0.25, 0.3) is 11.2 Å². The van der Waals surface area contributed by atoms with E-state index in [2.05, 4.69) is 4.98 Å². The Hall–Kier alpha value is -2.18. The largest absolute Gasteiger partial charge is 0.332 e. The van der Waals surface area contributed by atoms with Gasteiger partial charge in [0.05, 0.1) is 6.33 Å². The number of ketones is 1. The first kappa shape index (κ1) is 14.2. The van der Waals surface area contributed by atoms with Crippen molar-refractivity contribution >= 4 is 16.9 Å². The maximum absolute atomic E-state index is 12.2. The first-order valence-corrected chi connectivity index (χ1v) is 6.61. The van der Waals surface area contributed by atoms with Gasteiger partial charge in [-0.05, 0) is 13.3 Å². The van der Waals surface area contributed by atoms with Gasteiger partial charge in [0.1, 0.15) is 5.78 Å². The van der Waals surface area contributed by atoms with E-state index in [-0.39, 0.29) is 17.0 Å². The van der Waals surface area contributed by atoms with E-state index in [9.17, 15) is 14.4 Å². The molecule has 0 amide bonds. The minimum Gasteiger partial charge on any atom is -0.324 e. The van der Waals surface area contributed by atoms with E-state index in [1.807, 2.05) is 6.92 Å². The number of aryl methyl sites for hydroxylation is 2. The van der Waals surface area contributed by atoms with Crippen LogP contribution in [0.2, 0.25) is 0 Å². The van der Waals surface area contributed by atoms with E-state index in [1.54, 1.807) is 4.57 Å². The second-order valence-corrected chi connectivity index (χ2v) is 4.86. The summed E-state index contributed by atoms with van der Waals surface area (Å²) in [4.78, 5) is 39.6. The SMILES string of the molecule is CCCn1c(=O)n(C)c(=O)c2c1ncn2CCC(C)=O. The Morgan fingerprint density at radius 1 is 1.30 bits per heavy atom. The van der Waals surface area contributed by atoms with Crippen LogP contribution in [0.4, 0.5) is 0 Å². The van der Waals surface area contributed by atoms with Crippen LogP contribution in [0, 0.1) is 0 Å². The van der Waals surface area contributed by atoms with E-state index in [4.69, 9.17) is 0 Å². The Kier molecular flexibility index (Phi) is 3.87. The van der Waals surface area contributed by atoms with Gasteiger partial charge in [-0.3, -0.25) is 18.7 Å². The van der Waals surface area contributed by atoms with Crippen molar-refractivity contribution in [1.82, 2.24) is 18.7 Å². The highest BCUT2D eigenvalue weighted by Crippen LogP contribution is 2.08. The third-order valence-corrected chi connectivity index (χ3v) is 3.25. The molecule has 0 unspecified atom stereocenters. The van der Waals surface area contributed by atoms with Crippen molar-refractivity contribution in [2.24, 2.45) is 7.05 Å². The Bertz CT molecular complexity index is 766. The summed E-state index contributed by atoms with van der Waals surface area (Å²) < 4.78 is 4.23. The summed E-state index contributed by atoms with van der Waals surface area (Å²) in [5, 5.41) is 0. The lowest BCUT2D eigenvalue weighted by Crippen LogP contribution is -2.38. The van der Waals surface area contributed by atoms with Gasteiger partial charge < -0.3 is 4.57 Å². The molecular formula is C13H18N4O3. The minimum absolute atomic E-state index is 0.0468. The molecule has 2 aromatic heterocycles. The van der Waals surface area contributed by atoms with Crippen molar-refractivity contribution in [2.75, 3.05) is 0 Å². The Balaban J connectivity index is 2.68. The number of nitrogens with zero attached hydrogens (tertiary/aromatic N) is 4. The number of carbonyl (C=O) groups is 1. The number of imidazole rings is 1. The van der Waals surface area contributed by atoms with Crippen molar-refractivity contribution in [2.45, 2.75) is 39.8 Å². The van der Waals surface area contributed by atoms with E-state index in [0.29, 0.717) is 30.7 Å². The van der Waals surface area contributed by atoms with Crippen LogP contribution in [0.1, 0.15) is 26.7 Å². The lowest BCUT2D eigenvalue weighted by atomic mass is 10.3. The van der Waals surface area contributed by atoms with Crippen LogP contribution in [0.5, 0.6) is 0 Å². The van der Waals surface area contributed by atoms with Gasteiger partial charge in [0.15, 0.2) is 11.2 Å². The zero-order valence-corrected chi connectivity index (χ0v) is 11.9. The van der Waals surface area contributed by atoms with Gasteiger partial charge in [-0.25, -0.2) is 9.78 Å². The molecule has 0 saturated carbocycles. The molecule has 20 heavy (non-hydrogen) atoms. The molecule has 0 saturated heterocycles. The molecule has 0 bridgehead atoms. The molecule has 0 aromatic carbocycles. The van der Waals surface area contributed by atoms with E-state index in [0.717, 1.165) is 11.0 Å². The third-order valence-electron chi connectivity index (χ3n) is 3.25. The zero-order valence-electron chi connectivity index (χ0n) is 11.9. The summed E-state index contributed by atoms with van der Waals surface area (Å²) >= 11 is 0. The number of carbonyl (C=O) groups excluding carboxylic acids is 1. The van der Waals surface area contributed by atoms with Crippen LogP contribution < -0.4 is 11.2 Å². The summed E-state index contributed by atoms with van der Waals surface area (Å²) in [5.74, 6) is 0.0468. The molecule has 0 fully saturated rings. The van der Waals surface area contributed by atoms with Crippen molar-refractivity contribution < 1.29 is 4.79 Å². The molecule has 0 N–H and O–H groups in total. The fourth-order valence-corrected chi connectivity index (χ4v) is 2.18. The fraction of sp³-hybridized carbons (Fsp3) is 0.538. The van der Waals surface area contributed by atoms with Crippen LogP contribution in [-0.4, -0.2) is 24.5 Å². The average molecular weight is 278 g/mol. The number of fused-ring (bicyclic) bond motifs is 1. The van der Waals surface area contributed by atoms with Gasteiger partial charge in [0.25, 0.3) is 5.56 Å². The molecule has 2 aromatic rings. The molecule has 0 aliphatic rings. The first-order valence-electron chi connectivity index (χ1n) is 6.61. The maximum Gasteiger partial charge on any atom is 0.332 e. The smallest absolute Gasteiger partial charge is 0.324 e. The zero-order chi connectivity index (χ0) is 14.9. The average Bonchev–Trinajstić information content (AvgIpc) is 2.82. The summed E-state index contributed by atoms with van der Waals surface area (Å²) in [6.07, 6.45) is 2.62. The van der Waals surface area contributed by atoms with Crippen molar-refractivity contribution in [3.63, 3.8) is 0 Å². The molecule has 0 aliphatic carbocycles. The van der Waals surface area contributed by atoms with Crippen molar-refractivity contribution in [3.05, 3.63) is 27.2 Å². The van der Waals surface area contributed by atoms with Gasteiger partial charge in [-0.15, -0.1) is 0 Å². The summed E-state index contributed by atoms with van der Waals surface area (Å²) in [7, 11) is 1.46. The van der Waals surface area contributed by atoms with Crippen LogP contribution >= 0.6 is 0 Å². The van der Waals surface area contributed by atoms with E-state index >= 15 is 0 Å². The fourth-order valence-electron chi connectivity index (χ4n) is 2.18. The topological polar surface area (TPSA) is 78.9 Å². The lowest BCUT2D eigenvalue weighted by Gasteiger charge is -2.08. The second-order valence-electron chi connectivity index (χ2n) is 4.86. The molecule has 7 heteroatoms. The Morgan fingerprint density at radius 2 is 2.00 bits per heavy atom. The number of hydrogen-bond donors (Lipinski definition) is 0. The normalized spacial score (nSPS) is 11.2. The Labute approximate surface area is 115 Å². The summed E-state index contributed by atoms with van der Waals surface area (Å²) in [5.41, 5.74) is 0.0323. The standard InChI is InChI=1S/C13H18N4O3/c1-4-6-17-11-10(12(19)15(3)13(17)20)16(8-14-11)7-5-9(2)18/h8H,4-7H2,1-3H3. The number of hydrogen-bond acceptors (Lipinski definition) is 4. The van der Waals surface area contributed by atoms with Crippen molar-refractivity contribution in [1.29, 1.82) is 0 Å². The molecule has 0 aliphatic heterocycles. The monoisotopic (exact) mass is 278 g/mol. The second kappa shape index (κ2) is 5.44. The number of rotatable bonds is 5. The molecular weight excluding hydrogens is 260 g/mol. The quantitative estimate of drug-likeness (QED) is 0.787. The molecule has 2 heterocycles. The number of aromatic nitrogens is 4. The highest BCUT2D eigenvalue weighted by atomic mass is 16.2. The van der Waals surface area contributed by atoms with E-state index < -0.39 is 0 Å². The van der Waals surface area contributed by atoms with Gasteiger partial charge >= 0.3 is 5.69 Å². The van der Waals surface area contributed by atoms with Crippen LogP contribution in [0.15, 0.2) is 15.9 Å². The van der Waals surface area contributed by atoms with Gasteiger partial charge in [-0.2, -0.15) is 0 Å². The summed E-state index contributed by atoms with van der Waals surface area (Å²) in [6, 6.07) is 0. The van der Waals surface area contributed by atoms with Gasteiger partial charge in [0, 0.05) is 26.6 Å². The number of Topliss-reactive ketones (excluding diaryl/α,β-unsaturated/α-hetero) is 1. The van der Waals surface area contributed by atoms with E-state index in [1.165, 1.54) is 24.9 Å². The predicted molar refractivity (Wildman–Crippen MR) is 74.8 cm³/mol. The molecule has 108 valence electrons. The summed E-state index contributed by atoms with van der Waals surface area (Å²) in [6.45, 7) is 4.36. The first-order chi connectivity index (χ1) is 9.47. The predicted octanol–water partition coefficient (Wildman–Crippen LogP) is 0.286. The highest BCUT2D eigenvalue weighted by Gasteiger charge is 2.15. The van der Waals surface area contributed by atoms with Crippen LogP contribution in [-0.2, 0) is 24.9 Å². The van der Waals surface area contributed by atoms with Crippen LogP contribution in [0.3, 0.4) is 0 Å². The maximum atomic E-state index is 12.2.